The summed E-state index contributed by atoms with van der Waals surface area (Å²) in [4.78, 5) is 0. The van der Waals surface area contributed by atoms with E-state index in [0.29, 0.717) is 17.8 Å². The Hall–Kier alpha value is -4.08. The van der Waals surface area contributed by atoms with Gasteiger partial charge in [-0.25, -0.2) is 0 Å². The van der Waals surface area contributed by atoms with E-state index in [0.717, 1.165) is 25.4 Å². The molecule has 4 atom stereocenters. The molecule has 0 aromatic heterocycles. The summed E-state index contributed by atoms with van der Waals surface area (Å²) in [6, 6.07) is 38.1. The molecule has 0 nitrogen and oxygen atoms in total. The van der Waals surface area contributed by atoms with Crippen LogP contribution in [0.4, 0.5) is 0 Å². The van der Waals surface area contributed by atoms with E-state index >= 15 is 0 Å². The van der Waals surface area contributed by atoms with E-state index in [2.05, 4.69) is 168 Å². The molecule has 0 spiro atoms. The quantitative estimate of drug-likeness (QED) is 0.184. The van der Waals surface area contributed by atoms with E-state index in [1.165, 1.54) is 71.4 Å². The van der Waals surface area contributed by atoms with Crippen molar-refractivity contribution in [2.24, 2.45) is 17.8 Å². The molecule has 2 heterocycles. The highest BCUT2D eigenvalue weighted by molar-refractivity contribution is 7.71. The second kappa shape index (κ2) is 15.5. The van der Waals surface area contributed by atoms with Crippen LogP contribution in [0.1, 0.15) is 76.1 Å². The highest BCUT2D eigenvalue weighted by Gasteiger charge is 2.34. The van der Waals surface area contributed by atoms with Crippen LogP contribution in [-0.4, -0.2) is 12.3 Å². The van der Waals surface area contributed by atoms with Gasteiger partial charge in [-0.05, 0) is 161 Å². The predicted octanol–water partition coefficient (Wildman–Crippen LogP) is 6.56. The molecule has 0 N–H and O–H groups in total. The normalized spacial score (nSPS) is 23.6. The summed E-state index contributed by atoms with van der Waals surface area (Å²) >= 11 is 0. The number of fused-ring (bicyclic) bond motifs is 7. The summed E-state index contributed by atoms with van der Waals surface area (Å²) < 4.78 is 0. The molecule has 0 saturated heterocycles. The van der Waals surface area contributed by atoms with Gasteiger partial charge in [0.2, 0.25) is 0 Å². The standard InChI is InChI=1S/C53H54P2/c1-6-37-16-8-11-19-44(37)50-36(5)31-54(32-43-27-24-38(7-2)47(53(43)50)30-35(3)4)48-22-14-15-23-49(48)55-33-41-28-25-39-17-9-12-20-45(39)51(41)52-42(34-55)29-26-40-18-10-13-21-46(40)52/h6-9,11-12,14-27,29-30,35-36,41H,10,13,28,31-34H2,1-5H3/b37-6-,38-7-,47-30+,50-44+/t36-,41?,54?,55?/m0/s1. The first-order valence-corrected chi connectivity index (χ1v) is 24.1. The van der Waals surface area contributed by atoms with Crippen molar-refractivity contribution in [3.8, 4) is 0 Å². The molecule has 55 heavy (non-hydrogen) atoms. The van der Waals surface area contributed by atoms with Gasteiger partial charge < -0.3 is 0 Å². The first-order valence-electron chi connectivity index (χ1n) is 20.7. The van der Waals surface area contributed by atoms with Crippen LogP contribution in [-0.2, 0) is 12.3 Å². The molecule has 3 unspecified atom stereocenters. The Bertz CT molecular complexity index is 2840. The maximum atomic E-state index is 2.56. The van der Waals surface area contributed by atoms with Crippen LogP contribution in [0.2, 0.25) is 0 Å². The summed E-state index contributed by atoms with van der Waals surface area (Å²) in [5, 5.41) is 14.7. The van der Waals surface area contributed by atoms with E-state index in [1.54, 1.807) is 32.9 Å². The van der Waals surface area contributed by atoms with Crippen LogP contribution in [0.15, 0.2) is 97.1 Å². The molecule has 0 radical (unpaired) electrons. The smallest absolute Gasteiger partial charge is 0.00261 e. The third-order valence-electron chi connectivity index (χ3n) is 12.5. The van der Waals surface area contributed by atoms with Crippen molar-refractivity contribution < 1.29 is 0 Å². The number of hydrogen-bond acceptors (Lipinski definition) is 0. The van der Waals surface area contributed by atoms with Crippen LogP contribution < -0.4 is 52.4 Å². The van der Waals surface area contributed by atoms with E-state index in [9.17, 15) is 0 Å². The van der Waals surface area contributed by atoms with Gasteiger partial charge in [0.15, 0.2) is 0 Å². The van der Waals surface area contributed by atoms with E-state index in [1.807, 2.05) is 0 Å². The van der Waals surface area contributed by atoms with Gasteiger partial charge in [-0.15, -0.1) is 0 Å². The summed E-state index contributed by atoms with van der Waals surface area (Å²) in [6.07, 6.45) is 23.0. The average Bonchev–Trinajstić information content (AvgIpc) is 3.48. The van der Waals surface area contributed by atoms with Gasteiger partial charge in [0, 0.05) is 0 Å². The number of benzene rings is 5. The fourth-order valence-corrected chi connectivity index (χ4v) is 16.4. The second-order valence-corrected chi connectivity index (χ2v) is 21.0. The van der Waals surface area contributed by atoms with Crippen LogP contribution in [0.25, 0.3) is 47.6 Å². The second-order valence-electron chi connectivity index (χ2n) is 16.5. The average molecular weight is 753 g/mol. The predicted molar refractivity (Wildman–Crippen MR) is 244 cm³/mol. The Labute approximate surface area is 330 Å². The lowest BCUT2D eigenvalue weighted by Gasteiger charge is -2.28. The molecule has 5 aromatic rings. The molecule has 2 aliphatic carbocycles. The summed E-state index contributed by atoms with van der Waals surface area (Å²) in [7, 11) is -0.875. The van der Waals surface area contributed by atoms with Crippen LogP contribution in [0, 0.1) is 17.8 Å². The van der Waals surface area contributed by atoms with E-state index < -0.39 is 15.8 Å². The van der Waals surface area contributed by atoms with Gasteiger partial charge in [0.1, 0.15) is 0 Å². The molecule has 9 rings (SSSR count). The van der Waals surface area contributed by atoms with Crippen molar-refractivity contribution in [2.75, 3.05) is 12.3 Å². The zero-order chi connectivity index (χ0) is 37.6. The van der Waals surface area contributed by atoms with E-state index in [4.69, 9.17) is 0 Å². The molecule has 0 bridgehead atoms. The van der Waals surface area contributed by atoms with Crippen LogP contribution >= 0.6 is 15.8 Å². The van der Waals surface area contributed by atoms with Crippen molar-refractivity contribution in [2.45, 2.75) is 66.2 Å². The molecule has 0 saturated carbocycles. The maximum Gasteiger partial charge on any atom is -0.00261 e. The highest BCUT2D eigenvalue weighted by atomic mass is 31.1. The van der Waals surface area contributed by atoms with Crippen LogP contribution in [0.5, 0.6) is 0 Å². The Balaban J connectivity index is 1.23. The summed E-state index contributed by atoms with van der Waals surface area (Å²) in [6.45, 7) is 11.6. The molecule has 0 amide bonds. The fraction of sp³-hybridized carbons (Fsp3) is 0.283. The van der Waals surface area contributed by atoms with Gasteiger partial charge in [-0.3, -0.25) is 0 Å². The van der Waals surface area contributed by atoms with Gasteiger partial charge in [-0.2, -0.15) is 0 Å². The van der Waals surface area contributed by atoms with Gasteiger partial charge in [0.05, 0.1) is 0 Å². The third-order valence-corrected chi connectivity index (χ3v) is 18.2. The van der Waals surface area contributed by atoms with Gasteiger partial charge in [-0.1, -0.05) is 170 Å². The Morgan fingerprint density at radius 3 is 2.02 bits per heavy atom. The molecule has 4 aliphatic rings. The van der Waals surface area contributed by atoms with Gasteiger partial charge in [0.25, 0.3) is 0 Å². The lowest BCUT2D eigenvalue weighted by molar-refractivity contribution is 0.784. The largest absolute Gasteiger partial charge is 0.0798 e. The topological polar surface area (TPSA) is 0 Å². The van der Waals surface area contributed by atoms with Crippen LogP contribution in [0.3, 0.4) is 0 Å². The molecular weight excluding hydrogens is 699 g/mol. The Morgan fingerprint density at radius 1 is 0.600 bits per heavy atom. The molecule has 5 aromatic carbocycles. The minimum Gasteiger partial charge on any atom is -0.0798 e. The first kappa shape index (κ1) is 36.6. The van der Waals surface area contributed by atoms with E-state index in [-0.39, 0.29) is 0 Å². The number of hydrogen-bond donors (Lipinski definition) is 0. The summed E-state index contributed by atoms with van der Waals surface area (Å²) in [5.74, 6) is 1.43. The fourth-order valence-electron chi connectivity index (χ4n) is 10.2. The minimum atomic E-state index is -0.453. The summed E-state index contributed by atoms with van der Waals surface area (Å²) in [5.41, 5.74) is 9.38. The van der Waals surface area contributed by atoms with Crippen molar-refractivity contribution >= 4 is 74.1 Å². The lowest BCUT2D eigenvalue weighted by atomic mass is 9.82. The Morgan fingerprint density at radius 2 is 1.25 bits per heavy atom. The zero-order valence-electron chi connectivity index (χ0n) is 33.3. The van der Waals surface area contributed by atoms with Crippen molar-refractivity contribution in [1.82, 2.24) is 0 Å². The van der Waals surface area contributed by atoms with Gasteiger partial charge >= 0.3 is 0 Å². The first-order chi connectivity index (χ1) is 26.9. The monoisotopic (exact) mass is 752 g/mol. The SMILES string of the molecule is C/C=c1/ccc2c(/c1=C/C(C)C)/C(=c1\cccc\c1=C\C)[C@@H](C)CP(c1ccccc1P1Cc3ccc4c(c3C3=c5ccccc5=CCC3C1)=CCCC=4)C2. The highest BCUT2D eigenvalue weighted by Crippen LogP contribution is 2.52. The van der Waals surface area contributed by atoms with Crippen molar-refractivity contribution in [3.63, 3.8) is 0 Å². The zero-order valence-corrected chi connectivity index (χ0v) is 35.1. The molecular formula is C53H54P2. The minimum absolute atomic E-state index is 0.422. The lowest BCUT2D eigenvalue weighted by Crippen LogP contribution is -2.38. The van der Waals surface area contributed by atoms with Crippen molar-refractivity contribution in [1.29, 1.82) is 0 Å². The number of rotatable bonds is 3. The molecule has 2 heteroatoms. The maximum absolute atomic E-state index is 2.56. The van der Waals surface area contributed by atoms with Crippen molar-refractivity contribution in [3.05, 3.63) is 161 Å². The third kappa shape index (κ3) is 6.69. The molecule has 276 valence electrons. The Kier molecular flexibility index (Phi) is 10.3. The molecule has 2 aliphatic heterocycles. The molecule has 0 fully saturated rings.